The first-order valence-corrected chi connectivity index (χ1v) is 9.43. The van der Waals surface area contributed by atoms with Gasteiger partial charge in [-0.1, -0.05) is 6.85 Å². The van der Waals surface area contributed by atoms with Gasteiger partial charge in [-0.25, -0.2) is 9.78 Å². The zero-order valence-corrected chi connectivity index (χ0v) is 15.9. The second kappa shape index (κ2) is 6.05. The number of benzene rings is 1. The molecule has 3 aliphatic rings. The minimum absolute atomic E-state index is 0.00257. The van der Waals surface area contributed by atoms with Crippen LogP contribution < -0.4 is 15.0 Å². The third-order valence-electron chi connectivity index (χ3n) is 6.03. The summed E-state index contributed by atoms with van der Waals surface area (Å²) in [6, 6.07) is 4.51. The summed E-state index contributed by atoms with van der Waals surface area (Å²) in [6.07, 6.45) is -3.48. The number of nitrogens with zero attached hydrogens (tertiary/aromatic N) is 2. The van der Waals surface area contributed by atoms with E-state index in [1.165, 1.54) is 10.6 Å². The molecule has 0 unspecified atom stereocenters. The minimum Gasteiger partial charge on any atom is -0.458 e. The highest BCUT2D eigenvalue weighted by Crippen LogP contribution is 2.43. The average Bonchev–Trinajstić information content (AvgIpc) is 3.42. The average molecular weight is 427 g/mol. The molecule has 0 amide bonds. The van der Waals surface area contributed by atoms with E-state index in [1.807, 2.05) is 0 Å². The van der Waals surface area contributed by atoms with Crippen molar-refractivity contribution in [2.75, 3.05) is 6.79 Å². The standard InChI is InChI=1S/C22H18N2O7/c1-2-22(28)14-4-16-19-11(6-24(16)20(26)13(14)8-29-21(22)27)12(7-25)10-3-17-18(31-9-30-17)5-15(10)23-19/h3-5,25,28H,2,6-9H2,1H3/t22-/m0/s1/i1D3,2D2. The van der Waals surface area contributed by atoms with Crippen LogP contribution in [0.25, 0.3) is 22.3 Å². The lowest BCUT2D eigenvalue weighted by Gasteiger charge is -2.31. The summed E-state index contributed by atoms with van der Waals surface area (Å²) < 4.78 is 56.1. The van der Waals surface area contributed by atoms with Gasteiger partial charge in [0, 0.05) is 29.4 Å². The number of ether oxygens (including phenoxy) is 3. The molecule has 0 bridgehead atoms. The van der Waals surface area contributed by atoms with Crippen LogP contribution in [0.2, 0.25) is 0 Å². The topological polar surface area (TPSA) is 120 Å². The Morgan fingerprint density at radius 3 is 2.81 bits per heavy atom. The van der Waals surface area contributed by atoms with Crippen LogP contribution in [0.5, 0.6) is 11.5 Å². The number of cyclic esters (lactones) is 1. The van der Waals surface area contributed by atoms with Crippen LogP contribution in [-0.2, 0) is 34.9 Å². The summed E-state index contributed by atoms with van der Waals surface area (Å²) in [6.45, 7) is -4.35. The molecular formula is C22H18N2O7. The van der Waals surface area contributed by atoms with E-state index in [1.54, 1.807) is 12.1 Å². The summed E-state index contributed by atoms with van der Waals surface area (Å²) in [5.41, 5.74) is -2.87. The Hall–Kier alpha value is -3.43. The molecule has 0 radical (unpaired) electrons. The Kier molecular flexibility index (Phi) is 2.69. The Morgan fingerprint density at radius 2 is 2.03 bits per heavy atom. The zero-order valence-electron chi connectivity index (χ0n) is 20.9. The number of esters is 1. The molecule has 1 atom stereocenters. The van der Waals surface area contributed by atoms with Gasteiger partial charge in [-0.3, -0.25) is 4.79 Å². The van der Waals surface area contributed by atoms with E-state index in [-0.39, 0.29) is 30.3 Å². The molecule has 0 saturated heterocycles. The lowest BCUT2D eigenvalue weighted by atomic mass is 9.86. The fraction of sp³-hybridized carbons (Fsp3) is 0.318. The van der Waals surface area contributed by atoms with Gasteiger partial charge < -0.3 is 29.0 Å². The van der Waals surface area contributed by atoms with E-state index < -0.39 is 49.1 Å². The third-order valence-corrected chi connectivity index (χ3v) is 6.03. The van der Waals surface area contributed by atoms with Crippen molar-refractivity contribution in [2.45, 2.75) is 38.6 Å². The van der Waals surface area contributed by atoms with E-state index in [4.69, 9.17) is 21.1 Å². The van der Waals surface area contributed by atoms with Gasteiger partial charge in [-0.05, 0) is 24.1 Å². The number of pyridine rings is 2. The van der Waals surface area contributed by atoms with E-state index in [2.05, 4.69) is 4.98 Å². The van der Waals surface area contributed by atoms with Crippen LogP contribution in [0, 0.1) is 0 Å². The van der Waals surface area contributed by atoms with Gasteiger partial charge in [-0.2, -0.15) is 0 Å². The molecule has 0 fully saturated rings. The van der Waals surface area contributed by atoms with Crippen LogP contribution in [0.15, 0.2) is 23.0 Å². The highest BCUT2D eigenvalue weighted by molar-refractivity contribution is 5.91. The number of hydrogen-bond acceptors (Lipinski definition) is 8. The van der Waals surface area contributed by atoms with Crippen molar-refractivity contribution in [1.82, 2.24) is 9.55 Å². The molecule has 3 aliphatic heterocycles. The molecule has 5 heterocycles. The summed E-state index contributed by atoms with van der Waals surface area (Å²) in [5, 5.41) is 22.1. The highest BCUT2D eigenvalue weighted by atomic mass is 16.7. The van der Waals surface area contributed by atoms with E-state index in [0.29, 0.717) is 33.5 Å². The summed E-state index contributed by atoms with van der Waals surface area (Å²) in [7, 11) is 0. The Labute approximate surface area is 182 Å². The maximum Gasteiger partial charge on any atom is 0.343 e. The number of carbonyl (C=O) groups is 1. The fourth-order valence-electron chi connectivity index (χ4n) is 4.45. The molecule has 6 rings (SSSR count). The molecule has 2 N–H and O–H groups in total. The summed E-state index contributed by atoms with van der Waals surface area (Å²) in [4.78, 5) is 30.8. The monoisotopic (exact) mass is 427 g/mol. The van der Waals surface area contributed by atoms with Crippen molar-refractivity contribution in [3.8, 4) is 22.9 Å². The number of aliphatic hydroxyl groups is 2. The molecule has 9 nitrogen and oxygen atoms in total. The lowest BCUT2D eigenvalue weighted by molar-refractivity contribution is -0.172. The Bertz CT molecular complexity index is 1570. The van der Waals surface area contributed by atoms with Crippen molar-refractivity contribution < 1.29 is 36.1 Å². The molecule has 31 heavy (non-hydrogen) atoms. The zero-order chi connectivity index (χ0) is 25.8. The van der Waals surface area contributed by atoms with Gasteiger partial charge in [-0.15, -0.1) is 0 Å². The van der Waals surface area contributed by atoms with Crippen LogP contribution in [-0.4, -0.2) is 32.5 Å². The number of rotatable bonds is 2. The maximum atomic E-state index is 13.5. The van der Waals surface area contributed by atoms with Crippen molar-refractivity contribution in [2.24, 2.45) is 0 Å². The first kappa shape index (κ1) is 13.8. The smallest absolute Gasteiger partial charge is 0.343 e. The SMILES string of the molecule is [2H]C([2H])([2H])C([2H])([2H])[C@@]1(O)C(=O)OCc2c1cc1n(c2=O)Cc2c-1nc1cc3c(cc1c2CO)OCO3. The highest BCUT2D eigenvalue weighted by Gasteiger charge is 2.45. The van der Waals surface area contributed by atoms with Crippen LogP contribution in [0.1, 0.15) is 42.3 Å². The molecular weight excluding hydrogens is 404 g/mol. The van der Waals surface area contributed by atoms with Crippen molar-refractivity contribution in [1.29, 1.82) is 0 Å². The van der Waals surface area contributed by atoms with Crippen LogP contribution in [0.4, 0.5) is 0 Å². The van der Waals surface area contributed by atoms with Crippen LogP contribution in [0.3, 0.4) is 0 Å². The molecule has 0 saturated carbocycles. The van der Waals surface area contributed by atoms with E-state index in [0.717, 1.165) is 0 Å². The Balaban J connectivity index is 1.64. The van der Waals surface area contributed by atoms with E-state index in [9.17, 15) is 19.8 Å². The normalized spacial score (nSPS) is 23.7. The molecule has 2 aromatic heterocycles. The van der Waals surface area contributed by atoms with Crippen molar-refractivity contribution in [3.05, 3.63) is 50.8 Å². The first-order valence-electron chi connectivity index (χ1n) is 11.9. The number of hydrogen-bond donors (Lipinski definition) is 2. The lowest BCUT2D eigenvalue weighted by Crippen LogP contribution is -2.44. The number of fused-ring (bicyclic) bond motifs is 6. The van der Waals surface area contributed by atoms with Crippen molar-refractivity contribution >= 4 is 16.9 Å². The van der Waals surface area contributed by atoms with Gasteiger partial charge in [0.25, 0.3) is 5.56 Å². The molecule has 158 valence electrons. The molecule has 3 aromatic rings. The largest absolute Gasteiger partial charge is 0.458 e. The van der Waals surface area contributed by atoms with Crippen molar-refractivity contribution in [3.63, 3.8) is 0 Å². The van der Waals surface area contributed by atoms with Gasteiger partial charge >= 0.3 is 5.97 Å². The minimum atomic E-state index is -3.48. The second-order valence-corrected chi connectivity index (χ2v) is 7.52. The Morgan fingerprint density at radius 1 is 1.23 bits per heavy atom. The maximum absolute atomic E-state index is 13.5. The molecule has 0 aliphatic carbocycles. The van der Waals surface area contributed by atoms with Gasteiger partial charge in [0.05, 0.1) is 35.6 Å². The summed E-state index contributed by atoms with van der Waals surface area (Å²) in [5.74, 6) is -0.577. The van der Waals surface area contributed by atoms with E-state index >= 15 is 0 Å². The van der Waals surface area contributed by atoms with Gasteiger partial charge in [0.15, 0.2) is 17.1 Å². The third kappa shape index (κ3) is 2.24. The van der Waals surface area contributed by atoms with Gasteiger partial charge in [0.1, 0.15) is 6.61 Å². The fourth-order valence-corrected chi connectivity index (χ4v) is 4.45. The second-order valence-electron chi connectivity index (χ2n) is 7.52. The number of carbonyl (C=O) groups excluding carboxylic acids is 1. The molecule has 9 heteroatoms. The van der Waals surface area contributed by atoms with Crippen LogP contribution >= 0.6 is 0 Å². The number of aromatic nitrogens is 2. The predicted octanol–water partition coefficient (Wildman–Crippen LogP) is 1.30. The molecule has 0 spiro atoms. The first-order chi connectivity index (χ1) is 16.9. The molecule has 1 aromatic carbocycles. The van der Waals surface area contributed by atoms with Gasteiger partial charge in [0.2, 0.25) is 6.79 Å². The summed E-state index contributed by atoms with van der Waals surface area (Å²) >= 11 is 0. The quantitative estimate of drug-likeness (QED) is 0.460. The predicted molar refractivity (Wildman–Crippen MR) is 107 cm³/mol. The number of aliphatic hydroxyl groups excluding tert-OH is 1.